The maximum atomic E-state index is 9.95. The summed E-state index contributed by atoms with van der Waals surface area (Å²) in [7, 11) is 0. The number of urea groups is 1. The van der Waals surface area contributed by atoms with Crippen molar-refractivity contribution < 1.29 is 4.79 Å². The van der Waals surface area contributed by atoms with Crippen LogP contribution in [0.5, 0.6) is 0 Å². The molecule has 0 unspecified atom stereocenters. The Morgan fingerprint density at radius 2 is 2.22 bits per heavy atom. The minimum atomic E-state index is -0.494. The van der Waals surface area contributed by atoms with E-state index in [1.807, 2.05) is 6.92 Å². The molecule has 2 amide bonds. The molecule has 0 aliphatic carbocycles. The van der Waals surface area contributed by atoms with Crippen molar-refractivity contribution in [2.24, 2.45) is 5.73 Å². The number of primary amides is 1. The van der Waals surface area contributed by atoms with Crippen molar-refractivity contribution in [3.63, 3.8) is 0 Å². The van der Waals surface area contributed by atoms with Gasteiger partial charge in [-0.05, 0) is 6.54 Å². The van der Waals surface area contributed by atoms with Crippen LogP contribution >= 0.6 is 0 Å². The Balaban J connectivity index is 0. The van der Waals surface area contributed by atoms with Gasteiger partial charge in [0, 0.05) is 0 Å². The molecule has 0 aromatic carbocycles. The van der Waals surface area contributed by atoms with Gasteiger partial charge >= 0.3 is 6.03 Å². The summed E-state index contributed by atoms with van der Waals surface area (Å²) in [6.45, 7) is 3.23. The molecule has 4 heteroatoms. The van der Waals surface area contributed by atoms with Crippen LogP contribution < -0.4 is 16.4 Å². The molecule has 0 atom stereocenters. The van der Waals surface area contributed by atoms with Crippen molar-refractivity contribution in [2.45, 2.75) is 14.4 Å². The minimum absolute atomic E-state index is 0. The van der Waals surface area contributed by atoms with E-state index in [0.29, 0.717) is 6.67 Å². The number of hydrogen-bond donors (Lipinski definition) is 3. The number of hydrogen-bond acceptors (Lipinski definition) is 2. The molecule has 56 valence electrons. The fourth-order valence-corrected chi connectivity index (χ4v) is 0.275. The summed E-state index contributed by atoms with van der Waals surface area (Å²) in [4.78, 5) is 9.95. The SMILES string of the molecule is C.CCNCNC(N)=O. The third-order valence-electron chi connectivity index (χ3n) is 0.638. The number of carbonyl (C=O) groups is 1. The van der Waals surface area contributed by atoms with Crippen molar-refractivity contribution in [1.82, 2.24) is 10.6 Å². The Hall–Kier alpha value is -0.770. The molecule has 0 heterocycles. The molecule has 4 nitrogen and oxygen atoms in total. The zero-order chi connectivity index (χ0) is 6.41. The number of amides is 2. The number of carbonyl (C=O) groups excluding carboxylic acids is 1. The lowest BCUT2D eigenvalue weighted by Crippen LogP contribution is -2.37. The van der Waals surface area contributed by atoms with Crippen LogP contribution in [0, 0.1) is 0 Å². The van der Waals surface area contributed by atoms with E-state index in [1.54, 1.807) is 0 Å². The number of nitrogens with one attached hydrogen (secondary N) is 2. The molecule has 0 aliphatic heterocycles. The molecule has 0 saturated heterocycles. The minimum Gasteiger partial charge on any atom is -0.352 e. The molecule has 9 heavy (non-hydrogen) atoms. The Kier molecular flexibility index (Phi) is 8.90. The molecule has 0 saturated carbocycles. The second-order valence-corrected chi connectivity index (χ2v) is 1.32. The maximum absolute atomic E-state index is 9.95. The van der Waals surface area contributed by atoms with E-state index in [-0.39, 0.29) is 7.43 Å². The quantitative estimate of drug-likeness (QED) is 0.370. The van der Waals surface area contributed by atoms with E-state index in [2.05, 4.69) is 10.6 Å². The van der Waals surface area contributed by atoms with E-state index in [0.717, 1.165) is 6.54 Å². The van der Waals surface area contributed by atoms with Crippen molar-refractivity contribution in [2.75, 3.05) is 13.2 Å². The standard InChI is InChI=1S/C4H11N3O.CH4/c1-2-6-3-7-4(5)8;/h6H,2-3H2,1H3,(H3,5,7,8);1H4. The van der Waals surface area contributed by atoms with Gasteiger partial charge in [-0.3, -0.25) is 0 Å². The molecular formula is C5H15N3O. The highest BCUT2D eigenvalue weighted by Gasteiger charge is 1.84. The Morgan fingerprint density at radius 3 is 2.56 bits per heavy atom. The molecular weight excluding hydrogens is 118 g/mol. The van der Waals surface area contributed by atoms with Crippen LogP contribution in [0.2, 0.25) is 0 Å². The molecule has 0 radical (unpaired) electrons. The van der Waals surface area contributed by atoms with Crippen LogP contribution in [0.25, 0.3) is 0 Å². The van der Waals surface area contributed by atoms with Gasteiger partial charge in [0.2, 0.25) is 0 Å². The Morgan fingerprint density at radius 1 is 1.67 bits per heavy atom. The van der Waals surface area contributed by atoms with E-state index < -0.39 is 6.03 Å². The van der Waals surface area contributed by atoms with Gasteiger partial charge in [0.1, 0.15) is 0 Å². The molecule has 0 aromatic heterocycles. The van der Waals surface area contributed by atoms with E-state index in [9.17, 15) is 4.79 Å². The normalized spacial score (nSPS) is 7.67. The Bertz CT molecular complexity index is 74.6. The fourth-order valence-electron chi connectivity index (χ4n) is 0.275. The van der Waals surface area contributed by atoms with Crippen LogP contribution in [0.1, 0.15) is 14.4 Å². The molecule has 0 aliphatic rings. The predicted molar refractivity (Wildman–Crippen MR) is 38.0 cm³/mol. The summed E-state index contributed by atoms with van der Waals surface area (Å²) in [5, 5.41) is 5.24. The third-order valence-corrected chi connectivity index (χ3v) is 0.638. The van der Waals surface area contributed by atoms with Crippen LogP contribution in [0.15, 0.2) is 0 Å². The summed E-state index contributed by atoms with van der Waals surface area (Å²) < 4.78 is 0. The van der Waals surface area contributed by atoms with Gasteiger partial charge in [-0.2, -0.15) is 0 Å². The molecule has 4 N–H and O–H groups in total. The molecule has 0 rings (SSSR count). The first-order chi connectivity index (χ1) is 3.77. The van der Waals surface area contributed by atoms with Gasteiger partial charge in [0.15, 0.2) is 0 Å². The maximum Gasteiger partial charge on any atom is 0.313 e. The van der Waals surface area contributed by atoms with Gasteiger partial charge in [-0.15, -0.1) is 0 Å². The lowest BCUT2D eigenvalue weighted by atomic mass is 10.7. The first kappa shape index (κ1) is 11.1. The van der Waals surface area contributed by atoms with Crippen LogP contribution in [0.3, 0.4) is 0 Å². The highest BCUT2D eigenvalue weighted by Crippen LogP contribution is 1.52. The lowest BCUT2D eigenvalue weighted by Gasteiger charge is -1.98. The average Bonchev–Trinajstić information content (AvgIpc) is 1.66. The molecule has 0 fully saturated rings. The molecule has 0 aromatic rings. The second kappa shape index (κ2) is 7.23. The average molecular weight is 133 g/mol. The van der Waals surface area contributed by atoms with Crippen LogP contribution in [-0.4, -0.2) is 19.2 Å². The monoisotopic (exact) mass is 133 g/mol. The van der Waals surface area contributed by atoms with Crippen molar-refractivity contribution in [1.29, 1.82) is 0 Å². The second-order valence-electron chi connectivity index (χ2n) is 1.32. The Labute approximate surface area is 55.8 Å². The number of nitrogens with two attached hydrogens (primary N) is 1. The van der Waals surface area contributed by atoms with Crippen LogP contribution in [0.4, 0.5) is 4.79 Å². The lowest BCUT2D eigenvalue weighted by molar-refractivity contribution is 0.248. The third kappa shape index (κ3) is 11.1. The first-order valence-electron chi connectivity index (χ1n) is 2.51. The highest BCUT2D eigenvalue weighted by atomic mass is 16.2. The van der Waals surface area contributed by atoms with Gasteiger partial charge in [0.05, 0.1) is 6.67 Å². The van der Waals surface area contributed by atoms with Crippen molar-refractivity contribution in [3.8, 4) is 0 Å². The summed E-state index contributed by atoms with van der Waals surface area (Å²) in [6.07, 6.45) is 0. The first-order valence-corrected chi connectivity index (χ1v) is 2.51. The van der Waals surface area contributed by atoms with E-state index >= 15 is 0 Å². The largest absolute Gasteiger partial charge is 0.352 e. The summed E-state index contributed by atoms with van der Waals surface area (Å²) in [6, 6.07) is -0.494. The fraction of sp³-hybridized carbons (Fsp3) is 0.800. The van der Waals surface area contributed by atoms with Gasteiger partial charge < -0.3 is 16.4 Å². The smallest absolute Gasteiger partial charge is 0.313 e. The zero-order valence-corrected chi connectivity index (χ0v) is 4.90. The van der Waals surface area contributed by atoms with Gasteiger partial charge in [-0.1, -0.05) is 14.4 Å². The number of rotatable bonds is 3. The zero-order valence-electron chi connectivity index (χ0n) is 4.90. The highest BCUT2D eigenvalue weighted by molar-refractivity contribution is 5.71. The predicted octanol–water partition coefficient (Wildman–Crippen LogP) is -0.142. The molecule has 0 spiro atoms. The van der Waals surface area contributed by atoms with E-state index in [4.69, 9.17) is 5.73 Å². The van der Waals surface area contributed by atoms with Crippen LogP contribution in [-0.2, 0) is 0 Å². The van der Waals surface area contributed by atoms with Crippen molar-refractivity contribution >= 4 is 6.03 Å². The molecule has 0 bridgehead atoms. The summed E-state index contributed by atoms with van der Waals surface area (Å²) in [5.74, 6) is 0. The van der Waals surface area contributed by atoms with E-state index in [1.165, 1.54) is 0 Å². The van der Waals surface area contributed by atoms with Crippen molar-refractivity contribution in [3.05, 3.63) is 0 Å². The van der Waals surface area contributed by atoms with Gasteiger partial charge in [-0.25, -0.2) is 4.79 Å². The summed E-state index contributed by atoms with van der Waals surface area (Å²) >= 11 is 0. The topological polar surface area (TPSA) is 67.2 Å². The summed E-state index contributed by atoms with van der Waals surface area (Å²) in [5.41, 5.74) is 4.74. The van der Waals surface area contributed by atoms with Gasteiger partial charge in [0.25, 0.3) is 0 Å².